The molecule has 0 heterocycles. The summed E-state index contributed by atoms with van der Waals surface area (Å²) in [6.45, 7) is 3.94. The Morgan fingerprint density at radius 2 is 1.37 bits per heavy atom. The van der Waals surface area contributed by atoms with Crippen molar-refractivity contribution in [3.05, 3.63) is 108 Å². The SMILES string of the molecule is CC(C)CC(NC(=O)OCc1ccccc1)C(=O)CC(Cc1ccccc1)C(=O)C(=O)CCC(O)c1ccccc1. The van der Waals surface area contributed by atoms with Crippen LogP contribution in [0.15, 0.2) is 91.0 Å². The van der Waals surface area contributed by atoms with Gasteiger partial charge >= 0.3 is 6.09 Å². The molecular weight excluding hydrogens is 518 g/mol. The minimum absolute atomic E-state index is 0.0632. The van der Waals surface area contributed by atoms with Crippen molar-refractivity contribution in [2.24, 2.45) is 11.8 Å². The standard InChI is InChI=1S/C34H39NO6/c1-24(2)20-29(35-34(40)41-23-26-14-8-4-9-15-26)32(38)22-28(21-25-12-6-3-7-13-25)33(39)31(37)19-18-30(36)27-16-10-5-11-17-27/h3-17,24,28-30,36H,18-23H2,1-2H3,(H,35,40). The number of aliphatic hydroxyl groups excluding tert-OH is 1. The number of carbonyl (C=O) groups is 4. The summed E-state index contributed by atoms with van der Waals surface area (Å²) in [4.78, 5) is 52.4. The summed E-state index contributed by atoms with van der Waals surface area (Å²) in [6.07, 6.45) is -1.24. The number of hydrogen-bond acceptors (Lipinski definition) is 6. The van der Waals surface area contributed by atoms with Crippen molar-refractivity contribution in [2.45, 2.75) is 64.7 Å². The summed E-state index contributed by atoms with van der Waals surface area (Å²) in [7, 11) is 0. The van der Waals surface area contributed by atoms with Crippen LogP contribution in [0.1, 0.15) is 62.3 Å². The Bertz CT molecular complexity index is 1260. The third kappa shape index (κ3) is 10.8. The largest absolute Gasteiger partial charge is 0.445 e. The van der Waals surface area contributed by atoms with Crippen LogP contribution in [-0.4, -0.2) is 34.6 Å². The maximum Gasteiger partial charge on any atom is 0.408 e. The van der Waals surface area contributed by atoms with Gasteiger partial charge in [0.15, 0.2) is 11.6 Å². The van der Waals surface area contributed by atoms with E-state index in [1.54, 1.807) is 24.3 Å². The van der Waals surface area contributed by atoms with Gasteiger partial charge in [0.25, 0.3) is 0 Å². The zero-order valence-electron chi connectivity index (χ0n) is 23.7. The van der Waals surface area contributed by atoms with Gasteiger partial charge in [0.05, 0.1) is 12.1 Å². The molecule has 216 valence electrons. The van der Waals surface area contributed by atoms with Crippen LogP contribution >= 0.6 is 0 Å². The van der Waals surface area contributed by atoms with E-state index in [2.05, 4.69) is 5.32 Å². The first kappa shape index (κ1) is 31.4. The quantitative estimate of drug-likeness (QED) is 0.216. The van der Waals surface area contributed by atoms with Crippen LogP contribution in [0.2, 0.25) is 0 Å². The van der Waals surface area contributed by atoms with E-state index in [0.717, 1.165) is 11.1 Å². The number of hydrogen-bond donors (Lipinski definition) is 2. The van der Waals surface area contributed by atoms with E-state index in [0.29, 0.717) is 12.0 Å². The van der Waals surface area contributed by atoms with Gasteiger partial charge in [-0.3, -0.25) is 14.4 Å². The molecule has 3 rings (SSSR count). The first-order valence-corrected chi connectivity index (χ1v) is 14.1. The normalized spacial score (nSPS) is 13.2. The molecule has 3 aromatic rings. The molecule has 41 heavy (non-hydrogen) atoms. The Hall–Kier alpha value is -4.10. The molecule has 0 radical (unpaired) electrons. The van der Waals surface area contributed by atoms with Crippen LogP contribution in [0.4, 0.5) is 4.79 Å². The van der Waals surface area contributed by atoms with Gasteiger partial charge < -0.3 is 15.2 Å². The van der Waals surface area contributed by atoms with Crippen LogP contribution in [0, 0.1) is 11.8 Å². The fourth-order valence-electron chi connectivity index (χ4n) is 4.65. The molecule has 3 unspecified atom stereocenters. The first-order valence-electron chi connectivity index (χ1n) is 14.1. The van der Waals surface area contributed by atoms with E-state index >= 15 is 0 Å². The predicted octanol–water partition coefficient (Wildman–Crippen LogP) is 5.80. The number of nitrogens with one attached hydrogen (secondary N) is 1. The number of amides is 1. The van der Waals surface area contributed by atoms with Gasteiger partial charge in [0.1, 0.15) is 6.61 Å². The second kappa shape index (κ2) is 16.2. The third-order valence-corrected chi connectivity index (χ3v) is 6.85. The lowest BCUT2D eigenvalue weighted by molar-refractivity contribution is -0.140. The highest BCUT2D eigenvalue weighted by Gasteiger charge is 2.31. The molecule has 0 spiro atoms. The Morgan fingerprint density at radius 1 is 0.805 bits per heavy atom. The van der Waals surface area contributed by atoms with Crippen molar-refractivity contribution >= 4 is 23.4 Å². The van der Waals surface area contributed by atoms with Gasteiger partial charge in [-0.05, 0) is 41.9 Å². The van der Waals surface area contributed by atoms with E-state index in [1.165, 1.54) is 0 Å². The predicted molar refractivity (Wildman–Crippen MR) is 157 cm³/mol. The second-order valence-electron chi connectivity index (χ2n) is 10.7. The number of ketones is 3. The molecule has 2 N–H and O–H groups in total. The molecule has 0 aliphatic rings. The second-order valence-corrected chi connectivity index (χ2v) is 10.7. The van der Waals surface area contributed by atoms with Crippen molar-refractivity contribution in [1.82, 2.24) is 5.32 Å². The molecule has 0 bridgehead atoms. The summed E-state index contributed by atoms with van der Waals surface area (Å²) in [5.41, 5.74) is 2.32. The van der Waals surface area contributed by atoms with E-state index in [-0.39, 0.29) is 44.0 Å². The number of rotatable bonds is 16. The molecule has 0 saturated carbocycles. The smallest absolute Gasteiger partial charge is 0.408 e. The lowest BCUT2D eigenvalue weighted by Crippen LogP contribution is -2.43. The molecule has 7 heteroatoms. The van der Waals surface area contributed by atoms with Crippen molar-refractivity contribution in [3.8, 4) is 0 Å². The van der Waals surface area contributed by atoms with Gasteiger partial charge in [-0.1, -0.05) is 105 Å². The Balaban J connectivity index is 1.68. The van der Waals surface area contributed by atoms with Crippen LogP contribution < -0.4 is 5.32 Å². The molecule has 0 aliphatic heterocycles. The maximum atomic E-state index is 13.5. The first-order chi connectivity index (χ1) is 19.7. The zero-order valence-corrected chi connectivity index (χ0v) is 23.7. The molecule has 7 nitrogen and oxygen atoms in total. The Kier molecular flexibility index (Phi) is 12.4. The number of ether oxygens (including phenoxy) is 1. The molecule has 3 atom stereocenters. The highest BCUT2D eigenvalue weighted by Crippen LogP contribution is 2.22. The number of carbonyl (C=O) groups excluding carboxylic acids is 4. The number of benzene rings is 3. The third-order valence-electron chi connectivity index (χ3n) is 6.85. The van der Waals surface area contributed by atoms with E-state index in [1.807, 2.05) is 80.6 Å². The summed E-state index contributed by atoms with van der Waals surface area (Å²) >= 11 is 0. The number of alkyl carbamates (subject to hydrolysis) is 1. The van der Waals surface area contributed by atoms with Gasteiger partial charge in [-0.15, -0.1) is 0 Å². The summed E-state index contributed by atoms with van der Waals surface area (Å²) in [6, 6.07) is 26.5. The average molecular weight is 558 g/mol. The van der Waals surface area contributed by atoms with Crippen LogP contribution in [0.3, 0.4) is 0 Å². The van der Waals surface area contributed by atoms with E-state index < -0.39 is 35.7 Å². The Labute approximate surface area is 241 Å². The van der Waals surface area contributed by atoms with Gasteiger partial charge in [-0.25, -0.2) is 4.79 Å². The molecule has 0 aliphatic carbocycles. The van der Waals surface area contributed by atoms with Crippen molar-refractivity contribution in [1.29, 1.82) is 0 Å². The van der Waals surface area contributed by atoms with Gasteiger partial charge in [-0.2, -0.15) is 0 Å². The van der Waals surface area contributed by atoms with Crippen molar-refractivity contribution < 1.29 is 29.0 Å². The number of aliphatic hydroxyl groups is 1. The topological polar surface area (TPSA) is 110 Å². The highest BCUT2D eigenvalue weighted by atomic mass is 16.5. The fraction of sp³-hybridized carbons (Fsp3) is 0.353. The minimum Gasteiger partial charge on any atom is -0.445 e. The summed E-state index contributed by atoms with van der Waals surface area (Å²) in [5.74, 6) is -2.39. The average Bonchev–Trinajstić information content (AvgIpc) is 2.98. The van der Waals surface area contributed by atoms with Crippen molar-refractivity contribution in [2.75, 3.05) is 0 Å². The van der Waals surface area contributed by atoms with E-state index in [4.69, 9.17) is 4.74 Å². The fourth-order valence-corrected chi connectivity index (χ4v) is 4.65. The molecular formula is C34H39NO6. The van der Waals surface area contributed by atoms with Crippen LogP contribution in [0.5, 0.6) is 0 Å². The summed E-state index contributed by atoms with van der Waals surface area (Å²) in [5, 5.41) is 13.1. The van der Waals surface area contributed by atoms with Gasteiger partial charge in [0.2, 0.25) is 5.78 Å². The summed E-state index contributed by atoms with van der Waals surface area (Å²) < 4.78 is 5.32. The molecule has 0 aromatic heterocycles. The maximum absolute atomic E-state index is 13.5. The molecule has 1 amide bonds. The zero-order chi connectivity index (χ0) is 29.6. The lowest BCUT2D eigenvalue weighted by atomic mass is 9.85. The number of Topliss-reactive ketones (excluding diaryl/α,β-unsaturated/α-hetero) is 3. The molecule has 0 fully saturated rings. The monoisotopic (exact) mass is 557 g/mol. The van der Waals surface area contributed by atoms with E-state index in [9.17, 15) is 24.3 Å². The lowest BCUT2D eigenvalue weighted by Gasteiger charge is -2.22. The van der Waals surface area contributed by atoms with Gasteiger partial charge in [0, 0.05) is 18.8 Å². The molecule has 0 saturated heterocycles. The minimum atomic E-state index is -0.886. The Morgan fingerprint density at radius 3 is 1.95 bits per heavy atom. The van der Waals surface area contributed by atoms with Crippen molar-refractivity contribution in [3.63, 3.8) is 0 Å². The molecule has 3 aromatic carbocycles. The van der Waals surface area contributed by atoms with Crippen LogP contribution in [-0.2, 0) is 32.1 Å². The van der Waals surface area contributed by atoms with Crippen LogP contribution in [0.25, 0.3) is 0 Å². The highest BCUT2D eigenvalue weighted by molar-refractivity contribution is 6.38.